The number of hydrogen-bond acceptors (Lipinski definition) is 6. The summed E-state index contributed by atoms with van der Waals surface area (Å²) in [5.74, 6) is 1.13. The van der Waals surface area contributed by atoms with E-state index >= 15 is 0 Å². The van der Waals surface area contributed by atoms with Crippen molar-refractivity contribution in [2.75, 3.05) is 13.2 Å². The van der Waals surface area contributed by atoms with Crippen LogP contribution in [0.4, 0.5) is 4.79 Å². The fraction of sp³-hybridized carbons (Fsp3) is 0.174. The van der Waals surface area contributed by atoms with Crippen molar-refractivity contribution in [3.8, 4) is 11.5 Å². The first-order chi connectivity index (χ1) is 15.5. The van der Waals surface area contributed by atoms with E-state index in [4.69, 9.17) is 9.47 Å². The topological polar surface area (TPSA) is 114 Å². The van der Waals surface area contributed by atoms with Crippen LogP contribution in [0.3, 0.4) is 0 Å². The fourth-order valence-electron chi connectivity index (χ4n) is 2.70. The molecule has 0 bridgehead atoms. The molecule has 1 atom stereocenters. The first-order valence-corrected chi connectivity index (χ1v) is 11.4. The third-order valence-electron chi connectivity index (χ3n) is 4.39. The lowest BCUT2D eigenvalue weighted by Gasteiger charge is -2.17. The van der Waals surface area contributed by atoms with Gasteiger partial charge >= 0.3 is 6.09 Å². The van der Waals surface area contributed by atoms with Crippen LogP contribution in [0.25, 0.3) is 0 Å². The Morgan fingerprint density at radius 3 is 2.09 bits per heavy atom. The second-order valence-electron chi connectivity index (χ2n) is 6.82. The van der Waals surface area contributed by atoms with Crippen LogP contribution < -0.4 is 14.8 Å². The highest BCUT2D eigenvalue weighted by molar-refractivity contribution is 7.89. The van der Waals surface area contributed by atoms with E-state index in [1.165, 1.54) is 12.1 Å². The van der Waals surface area contributed by atoms with Gasteiger partial charge in [0.05, 0.1) is 17.5 Å². The van der Waals surface area contributed by atoms with Crippen LogP contribution in [0.5, 0.6) is 11.5 Å². The Hall–Kier alpha value is -3.40. The molecule has 3 rings (SSSR count). The molecule has 0 saturated carbocycles. The van der Waals surface area contributed by atoms with Crippen molar-refractivity contribution in [1.29, 1.82) is 0 Å². The second kappa shape index (κ2) is 11.3. The molecule has 0 heterocycles. The molecule has 0 radical (unpaired) electrons. The lowest BCUT2D eigenvalue weighted by atomic mass is 10.2. The van der Waals surface area contributed by atoms with Crippen molar-refractivity contribution < 1.29 is 27.8 Å². The highest BCUT2D eigenvalue weighted by Gasteiger charge is 2.19. The van der Waals surface area contributed by atoms with Gasteiger partial charge in [-0.1, -0.05) is 48.5 Å². The SMILES string of the molecule is O=C(N[C@H](CO)CNS(=O)(=O)c1ccc(Oc2ccccc2)cc1)OCc1ccccc1. The van der Waals surface area contributed by atoms with Gasteiger partial charge in [-0.05, 0) is 42.0 Å². The molecule has 8 nitrogen and oxygen atoms in total. The summed E-state index contributed by atoms with van der Waals surface area (Å²) in [4.78, 5) is 12.0. The Labute approximate surface area is 186 Å². The molecule has 32 heavy (non-hydrogen) atoms. The highest BCUT2D eigenvalue weighted by Crippen LogP contribution is 2.22. The Morgan fingerprint density at radius 2 is 1.47 bits per heavy atom. The van der Waals surface area contributed by atoms with Crippen LogP contribution >= 0.6 is 0 Å². The first-order valence-electron chi connectivity index (χ1n) is 9.87. The summed E-state index contributed by atoms with van der Waals surface area (Å²) in [6, 6.07) is 23.3. The minimum Gasteiger partial charge on any atom is -0.457 e. The standard InChI is InChI=1S/C23H24N2O6S/c26-16-19(25-23(27)30-17-18-7-3-1-4-8-18)15-24-32(28,29)22-13-11-21(12-14-22)31-20-9-5-2-6-10-20/h1-14,19,24,26H,15-17H2,(H,25,27)/t19-/m0/s1. The van der Waals surface area contributed by atoms with Crippen LogP contribution in [-0.4, -0.2) is 38.8 Å². The zero-order chi connectivity index (χ0) is 22.8. The quantitative estimate of drug-likeness (QED) is 0.432. The highest BCUT2D eigenvalue weighted by atomic mass is 32.2. The van der Waals surface area contributed by atoms with Gasteiger partial charge in [-0.15, -0.1) is 0 Å². The summed E-state index contributed by atoms with van der Waals surface area (Å²) in [7, 11) is -3.85. The summed E-state index contributed by atoms with van der Waals surface area (Å²) >= 11 is 0. The number of sulfonamides is 1. The van der Waals surface area contributed by atoms with Crippen LogP contribution in [0.1, 0.15) is 5.56 Å². The number of aliphatic hydroxyl groups is 1. The van der Waals surface area contributed by atoms with Crippen LogP contribution in [0.15, 0.2) is 89.8 Å². The van der Waals surface area contributed by atoms with E-state index < -0.39 is 28.8 Å². The van der Waals surface area contributed by atoms with Gasteiger partial charge in [-0.3, -0.25) is 0 Å². The zero-order valence-electron chi connectivity index (χ0n) is 17.2. The van der Waals surface area contributed by atoms with E-state index in [0.717, 1.165) is 5.56 Å². The number of benzene rings is 3. The van der Waals surface area contributed by atoms with Gasteiger partial charge in [0, 0.05) is 6.54 Å². The normalized spacial score (nSPS) is 12.0. The number of carbonyl (C=O) groups is 1. The Bertz CT molecular complexity index is 1090. The van der Waals surface area contributed by atoms with Gasteiger partial charge in [0.1, 0.15) is 18.1 Å². The Morgan fingerprint density at radius 1 is 0.875 bits per heavy atom. The molecule has 0 aromatic heterocycles. The molecule has 0 aliphatic rings. The molecule has 9 heteroatoms. The number of hydrogen-bond donors (Lipinski definition) is 3. The molecule has 0 aliphatic carbocycles. The van der Waals surface area contributed by atoms with Gasteiger partial charge in [0.25, 0.3) is 0 Å². The van der Waals surface area contributed by atoms with Gasteiger partial charge in [-0.2, -0.15) is 0 Å². The van der Waals surface area contributed by atoms with E-state index in [1.807, 2.05) is 36.4 Å². The van der Waals surface area contributed by atoms with Gasteiger partial charge in [0.2, 0.25) is 10.0 Å². The predicted molar refractivity (Wildman–Crippen MR) is 119 cm³/mol. The lowest BCUT2D eigenvalue weighted by Crippen LogP contribution is -2.45. The van der Waals surface area contributed by atoms with Crippen molar-refractivity contribution in [3.63, 3.8) is 0 Å². The Balaban J connectivity index is 1.50. The summed E-state index contributed by atoms with van der Waals surface area (Å²) < 4.78 is 38.2. The summed E-state index contributed by atoms with van der Waals surface area (Å²) in [6.07, 6.45) is -0.755. The largest absolute Gasteiger partial charge is 0.457 e. The molecule has 3 aromatic carbocycles. The molecule has 0 saturated heterocycles. The van der Waals surface area contributed by atoms with Crippen LogP contribution in [-0.2, 0) is 21.4 Å². The minimum atomic E-state index is -3.85. The number of para-hydroxylation sites is 1. The number of aliphatic hydroxyl groups excluding tert-OH is 1. The molecule has 0 aliphatic heterocycles. The van der Waals surface area contributed by atoms with E-state index in [2.05, 4.69) is 10.0 Å². The van der Waals surface area contributed by atoms with Crippen molar-refractivity contribution in [3.05, 3.63) is 90.5 Å². The van der Waals surface area contributed by atoms with E-state index in [0.29, 0.717) is 11.5 Å². The molecule has 0 unspecified atom stereocenters. The van der Waals surface area contributed by atoms with Crippen molar-refractivity contribution in [2.24, 2.45) is 0 Å². The average molecular weight is 457 g/mol. The summed E-state index contributed by atoms with van der Waals surface area (Å²) in [5.41, 5.74) is 0.809. The summed E-state index contributed by atoms with van der Waals surface area (Å²) in [5, 5.41) is 11.9. The Kier molecular flexibility index (Phi) is 8.20. The monoisotopic (exact) mass is 456 g/mol. The summed E-state index contributed by atoms with van der Waals surface area (Å²) in [6.45, 7) is -0.609. The molecule has 1 amide bonds. The van der Waals surface area contributed by atoms with E-state index in [9.17, 15) is 18.3 Å². The van der Waals surface area contributed by atoms with Crippen molar-refractivity contribution in [1.82, 2.24) is 10.0 Å². The molecule has 3 N–H and O–H groups in total. The van der Waals surface area contributed by atoms with Crippen molar-refractivity contribution >= 4 is 16.1 Å². The maximum atomic E-state index is 12.5. The van der Waals surface area contributed by atoms with Crippen molar-refractivity contribution in [2.45, 2.75) is 17.5 Å². The molecule has 0 fully saturated rings. The maximum absolute atomic E-state index is 12.5. The van der Waals surface area contributed by atoms with E-state index in [1.54, 1.807) is 36.4 Å². The predicted octanol–water partition coefficient (Wildman–Crippen LogP) is 3.04. The second-order valence-corrected chi connectivity index (χ2v) is 8.59. The fourth-order valence-corrected chi connectivity index (χ4v) is 3.78. The third-order valence-corrected chi connectivity index (χ3v) is 5.83. The van der Waals surface area contributed by atoms with E-state index in [-0.39, 0.29) is 18.0 Å². The zero-order valence-corrected chi connectivity index (χ0v) is 18.0. The number of rotatable bonds is 10. The number of ether oxygens (including phenoxy) is 2. The third kappa shape index (κ3) is 7.09. The van der Waals surface area contributed by atoms with Crippen LogP contribution in [0.2, 0.25) is 0 Å². The molecule has 0 spiro atoms. The van der Waals surface area contributed by atoms with Gasteiger partial charge < -0.3 is 19.9 Å². The van der Waals surface area contributed by atoms with Gasteiger partial charge in [-0.25, -0.2) is 17.9 Å². The number of amides is 1. The molecular formula is C23H24N2O6S. The number of alkyl carbamates (subject to hydrolysis) is 1. The lowest BCUT2D eigenvalue weighted by molar-refractivity contribution is 0.129. The maximum Gasteiger partial charge on any atom is 0.407 e. The average Bonchev–Trinajstić information content (AvgIpc) is 2.82. The number of nitrogens with one attached hydrogen (secondary N) is 2. The first kappa shape index (κ1) is 23.3. The molecular weight excluding hydrogens is 432 g/mol. The molecule has 168 valence electrons. The number of carbonyl (C=O) groups excluding carboxylic acids is 1. The minimum absolute atomic E-state index is 0.0289. The van der Waals surface area contributed by atoms with Gasteiger partial charge in [0.15, 0.2) is 0 Å². The smallest absolute Gasteiger partial charge is 0.407 e. The van der Waals surface area contributed by atoms with Crippen LogP contribution in [0, 0.1) is 0 Å². The molecule has 3 aromatic rings.